The number of likely N-dealkylation sites (N-methyl/N-ethyl adjacent to an activating group) is 1. The number of nitrogens with zero attached hydrogens (tertiary/aromatic N) is 3. The number of halogens is 4. The molecule has 3 aromatic rings. The van der Waals surface area contributed by atoms with Crippen molar-refractivity contribution in [2.24, 2.45) is 0 Å². The summed E-state index contributed by atoms with van der Waals surface area (Å²) >= 11 is 0. The third-order valence-electron chi connectivity index (χ3n) is 7.41. The highest BCUT2D eigenvalue weighted by Crippen LogP contribution is 2.40. The molecule has 2 amide bonds. The zero-order chi connectivity index (χ0) is 31.3. The molecule has 0 aliphatic carbocycles. The predicted molar refractivity (Wildman–Crippen MR) is 149 cm³/mol. The van der Waals surface area contributed by atoms with Gasteiger partial charge in [-0.25, -0.2) is 13.9 Å². The van der Waals surface area contributed by atoms with Gasteiger partial charge in [0.2, 0.25) is 5.91 Å². The second-order valence-corrected chi connectivity index (χ2v) is 10.1. The number of benzene rings is 2. The topological polar surface area (TPSA) is 114 Å². The Labute approximate surface area is 245 Å². The molecule has 1 atom stereocenters. The van der Waals surface area contributed by atoms with Gasteiger partial charge in [-0.15, -0.1) is 0 Å². The van der Waals surface area contributed by atoms with E-state index in [4.69, 9.17) is 4.74 Å². The molecule has 2 N–H and O–H groups in total. The van der Waals surface area contributed by atoms with Gasteiger partial charge in [0.25, 0.3) is 5.91 Å². The number of hydrogen-bond acceptors (Lipinski definition) is 5. The summed E-state index contributed by atoms with van der Waals surface area (Å²) in [6.45, 7) is 3.82. The molecule has 1 saturated heterocycles. The molecule has 9 nitrogen and oxygen atoms in total. The minimum atomic E-state index is -4.65. The van der Waals surface area contributed by atoms with Gasteiger partial charge in [-0.2, -0.15) is 18.3 Å². The maximum absolute atomic E-state index is 13.8. The average molecular weight is 605 g/mol. The van der Waals surface area contributed by atoms with Crippen molar-refractivity contribution in [2.45, 2.75) is 51.2 Å². The van der Waals surface area contributed by atoms with E-state index < -0.39 is 47.8 Å². The third-order valence-corrected chi connectivity index (χ3v) is 7.41. The minimum absolute atomic E-state index is 0.0685. The molecule has 0 spiro atoms. The monoisotopic (exact) mass is 604 g/mol. The summed E-state index contributed by atoms with van der Waals surface area (Å²) in [6.07, 6.45) is -3.22. The Hall–Kier alpha value is -4.26. The SMILES string of the molecule is CCC(c1ccc(F)cc1)c1c(C(=O)O)nn(C2CCOCC2)c1N(CC)C(=O)CNC(=O)c1cccc(C(F)(F)F)c1. The van der Waals surface area contributed by atoms with Crippen LogP contribution in [0.5, 0.6) is 0 Å². The number of aromatic nitrogens is 2. The van der Waals surface area contributed by atoms with E-state index in [1.165, 1.54) is 27.8 Å². The Morgan fingerprint density at radius 2 is 1.79 bits per heavy atom. The first-order valence-corrected chi connectivity index (χ1v) is 13.9. The first kappa shape index (κ1) is 31.7. The van der Waals surface area contributed by atoms with Crippen LogP contribution in [0.3, 0.4) is 0 Å². The Morgan fingerprint density at radius 1 is 1.12 bits per heavy atom. The van der Waals surface area contributed by atoms with Gasteiger partial charge in [-0.3, -0.25) is 14.5 Å². The number of nitrogens with one attached hydrogen (secondary N) is 1. The molecule has 1 unspecified atom stereocenters. The zero-order valence-electron chi connectivity index (χ0n) is 23.7. The normalized spacial score (nSPS) is 14.7. The summed E-state index contributed by atoms with van der Waals surface area (Å²) in [5, 5.41) is 17.1. The molecule has 1 aliphatic rings. The van der Waals surface area contributed by atoms with E-state index in [9.17, 15) is 37.1 Å². The summed E-state index contributed by atoms with van der Waals surface area (Å²) < 4.78 is 60.2. The molecule has 1 aliphatic heterocycles. The van der Waals surface area contributed by atoms with Gasteiger partial charge < -0.3 is 15.2 Å². The quantitative estimate of drug-likeness (QED) is 0.299. The number of alkyl halides is 3. The summed E-state index contributed by atoms with van der Waals surface area (Å²) in [5.41, 5.74) is -0.627. The van der Waals surface area contributed by atoms with Gasteiger partial charge in [-0.05, 0) is 62.1 Å². The maximum atomic E-state index is 13.8. The largest absolute Gasteiger partial charge is 0.476 e. The van der Waals surface area contributed by atoms with Crippen LogP contribution in [0.2, 0.25) is 0 Å². The van der Waals surface area contributed by atoms with Crippen LogP contribution in [0.15, 0.2) is 48.5 Å². The summed E-state index contributed by atoms with van der Waals surface area (Å²) in [7, 11) is 0. The Bertz CT molecular complexity index is 1470. The van der Waals surface area contributed by atoms with E-state index in [1.807, 2.05) is 6.92 Å². The Morgan fingerprint density at radius 3 is 2.37 bits per heavy atom. The van der Waals surface area contributed by atoms with E-state index in [0.29, 0.717) is 44.1 Å². The molecule has 4 rings (SSSR count). The van der Waals surface area contributed by atoms with Gasteiger partial charge in [0.1, 0.15) is 11.6 Å². The first-order valence-electron chi connectivity index (χ1n) is 13.9. The van der Waals surface area contributed by atoms with E-state index in [2.05, 4.69) is 10.4 Å². The van der Waals surface area contributed by atoms with Crippen LogP contribution < -0.4 is 10.2 Å². The summed E-state index contributed by atoms with van der Waals surface area (Å²) in [4.78, 5) is 40.2. The number of carboxylic acid groups (broad SMARTS) is 1. The van der Waals surface area contributed by atoms with Crippen LogP contribution in [-0.4, -0.2) is 59.0 Å². The van der Waals surface area contributed by atoms with Crippen molar-refractivity contribution >= 4 is 23.6 Å². The van der Waals surface area contributed by atoms with Crippen LogP contribution >= 0.6 is 0 Å². The Balaban J connectivity index is 1.74. The van der Waals surface area contributed by atoms with E-state index in [-0.39, 0.29) is 35.2 Å². The van der Waals surface area contributed by atoms with Crippen LogP contribution in [-0.2, 0) is 15.7 Å². The summed E-state index contributed by atoms with van der Waals surface area (Å²) in [5.74, 6) is -3.60. The molecule has 1 aromatic heterocycles. The van der Waals surface area contributed by atoms with Crippen molar-refractivity contribution in [1.82, 2.24) is 15.1 Å². The number of carbonyl (C=O) groups excluding carboxylic acids is 2. The van der Waals surface area contributed by atoms with Gasteiger partial charge in [-0.1, -0.05) is 25.1 Å². The number of carbonyl (C=O) groups is 3. The fourth-order valence-electron chi connectivity index (χ4n) is 5.31. The lowest BCUT2D eigenvalue weighted by molar-refractivity contribution is -0.137. The standard InChI is InChI=1S/C30H32F4N4O5/c1-3-23(18-8-10-21(31)11-9-18)25-26(29(41)42)36-38(22-12-14-43-15-13-22)28(25)37(4-2)24(39)17-35-27(40)19-6-5-7-20(16-19)30(32,33)34/h5-11,16,22-23H,3-4,12-15,17H2,1-2H3,(H,35,40)(H,41,42). The highest BCUT2D eigenvalue weighted by Gasteiger charge is 2.36. The fourth-order valence-corrected chi connectivity index (χ4v) is 5.31. The van der Waals surface area contributed by atoms with Crippen LogP contribution in [0.1, 0.15) is 82.6 Å². The van der Waals surface area contributed by atoms with Crippen molar-refractivity contribution in [1.29, 1.82) is 0 Å². The number of ether oxygens (including phenoxy) is 1. The minimum Gasteiger partial charge on any atom is -0.476 e. The van der Waals surface area contributed by atoms with E-state index in [1.54, 1.807) is 19.1 Å². The lowest BCUT2D eigenvalue weighted by atomic mass is 9.88. The summed E-state index contributed by atoms with van der Waals surface area (Å²) in [6, 6.07) is 9.20. The molecule has 0 saturated carbocycles. The molecule has 43 heavy (non-hydrogen) atoms. The van der Waals surface area contributed by atoms with Crippen LogP contribution in [0.4, 0.5) is 23.4 Å². The predicted octanol–water partition coefficient (Wildman–Crippen LogP) is 5.42. The van der Waals surface area contributed by atoms with E-state index in [0.717, 1.165) is 12.1 Å². The first-order chi connectivity index (χ1) is 20.5. The van der Waals surface area contributed by atoms with Gasteiger partial charge in [0.15, 0.2) is 5.69 Å². The average Bonchev–Trinajstić information content (AvgIpc) is 3.38. The number of rotatable bonds is 10. The van der Waals surface area contributed by atoms with Crippen molar-refractivity contribution in [3.63, 3.8) is 0 Å². The zero-order valence-corrected chi connectivity index (χ0v) is 23.7. The number of anilines is 1. The molecular formula is C30H32F4N4O5. The van der Waals surface area contributed by atoms with Crippen molar-refractivity contribution in [3.05, 3.63) is 82.3 Å². The number of amides is 2. The molecule has 230 valence electrons. The third kappa shape index (κ3) is 7.04. The highest BCUT2D eigenvalue weighted by atomic mass is 19.4. The Kier molecular flexibility index (Phi) is 9.84. The lowest BCUT2D eigenvalue weighted by Gasteiger charge is -2.30. The molecule has 1 fully saturated rings. The number of aromatic carboxylic acids is 1. The number of hydrogen-bond donors (Lipinski definition) is 2. The van der Waals surface area contributed by atoms with Gasteiger partial charge >= 0.3 is 12.1 Å². The molecule has 2 aromatic carbocycles. The molecule has 0 bridgehead atoms. The molecule has 2 heterocycles. The lowest BCUT2D eigenvalue weighted by Crippen LogP contribution is -2.42. The van der Waals surface area contributed by atoms with Crippen molar-refractivity contribution in [3.8, 4) is 0 Å². The molecular weight excluding hydrogens is 572 g/mol. The van der Waals surface area contributed by atoms with Crippen molar-refractivity contribution < 1.29 is 41.8 Å². The fraction of sp³-hybridized carbons (Fsp3) is 0.400. The molecule has 13 heteroatoms. The van der Waals surface area contributed by atoms with Crippen molar-refractivity contribution in [2.75, 3.05) is 31.2 Å². The molecule has 0 radical (unpaired) electrons. The second kappa shape index (κ2) is 13.4. The van der Waals surface area contributed by atoms with E-state index >= 15 is 0 Å². The van der Waals surface area contributed by atoms with Gasteiger partial charge in [0, 0.05) is 36.8 Å². The van der Waals surface area contributed by atoms with Gasteiger partial charge in [0.05, 0.1) is 18.2 Å². The number of carboxylic acids is 1. The van der Waals surface area contributed by atoms with Crippen LogP contribution in [0, 0.1) is 5.82 Å². The maximum Gasteiger partial charge on any atom is 0.416 e. The smallest absolute Gasteiger partial charge is 0.416 e. The highest BCUT2D eigenvalue weighted by molar-refractivity contribution is 6.01. The second-order valence-electron chi connectivity index (χ2n) is 10.1. The van der Waals surface area contributed by atoms with Crippen LogP contribution in [0.25, 0.3) is 0 Å².